The largest absolute Gasteiger partial charge is 0.336 e. The van der Waals surface area contributed by atoms with E-state index in [9.17, 15) is 4.79 Å². The van der Waals surface area contributed by atoms with E-state index in [1.165, 1.54) is 22.3 Å². The first-order valence-electron chi connectivity index (χ1n) is 11.1. The fourth-order valence-corrected chi connectivity index (χ4v) is 4.36. The van der Waals surface area contributed by atoms with Crippen LogP contribution in [0.1, 0.15) is 44.0 Å². The summed E-state index contributed by atoms with van der Waals surface area (Å²) >= 11 is 0. The van der Waals surface area contributed by atoms with Crippen LogP contribution in [0.3, 0.4) is 0 Å². The van der Waals surface area contributed by atoms with Gasteiger partial charge in [-0.05, 0) is 38.8 Å². The van der Waals surface area contributed by atoms with Crippen LogP contribution in [0, 0.1) is 27.7 Å². The lowest BCUT2D eigenvalue weighted by Gasteiger charge is -2.35. The standard InChI is InChI=1S/C26H32N4O/c1-19-8-10-23(11-9-19)18-30-22(4)25(21(3)27-30)26(31)29-14-12-28(13-15-29)17-24-7-5-6-20(2)16-24/h5-11,16H,12-15,17-18H2,1-4H3. The second-order valence-electron chi connectivity index (χ2n) is 8.75. The van der Waals surface area contributed by atoms with Crippen LogP contribution in [-0.2, 0) is 13.1 Å². The van der Waals surface area contributed by atoms with Gasteiger partial charge in [0.1, 0.15) is 0 Å². The third-order valence-electron chi connectivity index (χ3n) is 6.20. The molecule has 1 saturated heterocycles. The van der Waals surface area contributed by atoms with E-state index in [-0.39, 0.29) is 5.91 Å². The maximum Gasteiger partial charge on any atom is 0.257 e. The maximum atomic E-state index is 13.3. The van der Waals surface area contributed by atoms with Crippen molar-refractivity contribution in [3.8, 4) is 0 Å². The Morgan fingerprint density at radius 2 is 1.55 bits per heavy atom. The summed E-state index contributed by atoms with van der Waals surface area (Å²) < 4.78 is 1.96. The average Bonchev–Trinajstić information content (AvgIpc) is 3.03. The van der Waals surface area contributed by atoms with Crippen molar-refractivity contribution in [3.05, 3.63) is 87.7 Å². The molecule has 1 aromatic heterocycles. The summed E-state index contributed by atoms with van der Waals surface area (Å²) in [5.41, 5.74) is 7.60. The molecule has 162 valence electrons. The molecule has 0 atom stereocenters. The fraction of sp³-hybridized carbons (Fsp3) is 0.385. The molecule has 0 aliphatic carbocycles. The molecule has 1 aliphatic rings. The summed E-state index contributed by atoms with van der Waals surface area (Å²) in [5, 5.41) is 4.68. The number of rotatable bonds is 5. The maximum absolute atomic E-state index is 13.3. The number of carbonyl (C=O) groups is 1. The van der Waals surface area contributed by atoms with Gasteiger partial charge in [0, 0.05) is 38.4 Å². The molecule has 2 heterocycles. The molecule has 1 fully saturated rings. The molecule has 0 bridgehead atoms. The highest BCUT2D eigenvalue weighted by Crippen LogP contribution is 2.19. The summed E-state index contributed by atoms with van der Waals surface area (Å²) in [7, 11) is 0. The number of hydrogen-bond donors (Lipinski definition) is 0. The first kappa shape index (κ1) is 21.3. The zero-order chi connectivity index (χ0) is 22.0. The van der Waals surface area contributed by atoms with Gasteiger partial charge in [0.25, 0.3) is 5.91 Å². The Balaban J connectivity index is 1.40. The van der Waals surface area contributed by atoms with Crippen molar-refractivity contribution in [2.45, 2.75) is 40.8 Å². The lowest BCUT2D eigenvalue weighted by molar-refractivity contribution is 0.0627. The Morgan fingerprint density at radius 3 is 2.23 bits per heavy atom. The molecule has 2 aromatic carbocycles. The van der Waals surface area contributed by atoms with E-state index in [4.69, 9.17) is 0 Å². The number of aryl methyl sites for hydroxylation is 3. The topological polar surface area (TPSA) is 41.4 Å². The van der Waals surface area contributed by atoms with E-state index < -0.39 is 0 Å². The van der Waals surface area contributed by atoms with Gasteiger partial charge in [0.15, 0.2) is 0 Å². The van der Waals surface area contributed by atoms with Crippen molar-refractivity contribution in [3.63, 3.8) is 0 Å². The van der Waals surface area contributed by atoms with Crippen molar-refractivity contribution >= 4 is 5.91 Å². The molecule has 1 aliphatic heterocycles. The number of aromatic nitrogens is 2. The zero-order valence-corrected chi connectivity index (χ0v) is 19.1. The van der Waals surface area contributed by atoms with Crippen molar-refractivity contribution in [1.82, 2.24) is 19.6 Å². The van der Waals surface area contributed by atoms with Gasteiger partial charge in [0.2, 0.25) is 0 Å². The summed E-state index contributed by atoms with van der Waals surface area (Å²) in [5.74, 6) is 0.111. The molecule has 1 amide bonds. The molecular weight excluding hydrogens is 384 g/mol. The van der Waals surface area contributed by atoms with Gasteiger partial charge in [-0.25, -0.2) is 0 Å². The normalized spacial score (nSPS) is 14.8. The van der Waals surface area contributed by atoms with Crippen LogP contribution in [0.15, 0.2) is 48.5 Å². The van der Waals surface area contributed by atoms with E-state index in [0.717, 1.165) is 49.7 Å². The number of amides is 1. The van der Waals surface area contributed by atoms with E-state index in [1.807, 2.05) is 23.4 Å². The molecule has 0 N–H and O–H groups in total. The van der Waals surface area contributed by atoms with Crippen LogP contribution in [-0.4, -0.2) is 51.7 Å². The molecule has 5 nitrogen and oxygen atoms in total. The minimum atomic E-state index is 0.111. The Labute approximate surface area is 185 Å². The summed E-state index contributed by atoms with van der Waals surface area (Å²) in [4.78, 5) is 17.7. The highest BCUT2D eigenvalue weighted by Gasteiger charge is 2.27. The predicted octanol–water partition coefficient (Wildman–Crippen LogP) is 4.12. The smallest absolute Gasteiger partial charge is 0.257 e. The minimum absolute atomic E-state index is 0.111. The number of benzene rings is 2. The van der Waals surface area contributed by atoms with Crippen LogP contribution < -0.4 is 0 Å². The quantitative estimate of drug-likeness (QED) is 0.628. The summed E-state index contributed by atoms with van der Waals surface area (Å²) in [6.45, 7) is 13.1. The first-order valence-corrected chi connectivity index (χ1v) is 11.1. The van der Waals surface area contributed by atoms with Crippen LogP contribution in [0.4, 0.5) is 0 Å². The highest BCUT2D eigenvalue weighted by atomic mass is 16.2. The van der Waals surface area contributed by atoms with Gasteiger partial charge >= 0.3 is 0 Å². The first-order chi connectivity index (χ1) is 14.9. The SMILES string of the molecule is Cc1ccc(Cn2nc(C)c(C(=O)N3CCN(Cc4cccc(C)c4)CC3)c2C)cc1. The van der Waals surface area contributed by atoms with Crippen molar-refractivity contribution in [2.75, 3.05) is 26.2 Å². The number of piperazine rings is 1. The Bertz CT molecular complexity index is 1060. The van der Waals surface area contributed by atoms with Crippen LogP contribution in [0.25, 0.3) is 0 Å². The molecule has 0 radical (unpaired) electrons. The predicted molar refractivity (Wildman–Crippen MR) is 124 cm³/mol. The van der Waals surface area contributed by atoms with E-state index in [0.29, 0.717) is 6.54 Å². The Morgan fingerprint density at radius 1 is 0.839 bits per heavy atom. The van der Waals surface area contributed by atoms with Gasteiger partial charge < -0.3 is 4.90 Å². The lowest BCUT2D eigenvalue weighted by Crippen LogP contribution is -2.48. The third-order valence-corrected chi connectivity index (χ3v) is 6.20. The Kier molecular flexibility index (Phi) is 6.23. The van der Waals surface area contributed by atoms with Gasteiger partial charge in [-0.3, -0.25) is 14.4 Å². The third kappa shape index (κ3) is 4.88. The van der Waals surface area contributed by atoms with E-state index >= 15 is 0 Å². The van der Waals surface area contributed by atoms with Crippen molar-refractivity contribution in [2.24, 2.45) is 0 Å². The Hall–Kier alpha value is -2.92. The molecule has 5 heteroatoms. The molecule has 31 heavy (non-hydrogen) atoms. The monoisotopic (exact) mass is 416 g/mol. The van der Waals surface area contributed by atoms with Crippen LogP contribution >= 0.6 is 0 Å². The van der Waals surface area contributed by atoms with Crippen LogP contribution in [0.2, 0.25) is 0 Å². The number of hydrogen-bond acceptors (Lipinski definition) is 3. The lowest BCUT2D eigenvalue weighted by atomic mass is 10.1. The zero-order valence-electron chi connectivity index (χ0n) is 19.1. The van der Waals surface area contributed by atoms with Crippen molar-refractivity contribution < 1.29 is 4.79 Å². The average molecular weight is 417 g/mol. The number of carbonyl (C=O) groups excluding carboxylic acids is 1. The van der Waals surface area contributed by atoms with E-state index in [1.54, 1.807) is 0 Å². The molecule has 0 saturated carbocycles. The second kappa shape index (κ2) is 9.06. The molecule has 0 spiro atoms. The van der Waals surface area contributed by atoms with Crippen LogP contribution in [0.5, 0.6) is 0 Å². The minimum Gasteiger partial charge on any atom is -0.336 e. The van der Waals surface area contributed by atoms with Gasteiger partial charge in [0.05, 0.1) is 17.8 Å². The van der Waals surface area contributed by atoms with E-state index in [2.05, 4.69) is 72.4 Å². The summed E-state index contributed by atoms with van der Waals surface area (Å²) in [6.07, 6.45) is 0. The van der Waals surface area contributed by atoms with Gasteiger partial charge in [-0.15, -0.1) is 0 Å². The fourth-order valence-electron chi connectivity index (χ4n) is 4.36. The number of nitrogens with zero attached hydrogens (tertiary/aromatic N) is 4. The van der Waals surface area contributed by atoms with Crippen molar-refractivity contribution in [1.29, 1.82) is 0 Å². The van der Waals surface area contributed by atoms with Gasteiger partial charge in [-0.1, -0.05) is 59.7 Å². The molecular formula is C26H32N4O. The molecule has 3 aromatic rings. The second-order valence-corrected chi connectivity index (χ2v) is 8.75. The summed E-state index contributed by atoms with van der Waals surface area (Å²) in [6, 6.07) is 17.1. The highest BCUT2D eigenvalue weighted by molar-refractivity contribution is 5.96. The van der Waals surface area contributed by atoms with Gasteiger partial charge in [-0.2, -0.15) is 5.10 Å². The molecule has 0 unspecified atom stereocenters. The molecule has 4 rings (SSSR count).